The van der Waals surface area contributed by atoms with Crippen molar-refractivity contribution in [3.05, 3.63) is 58.3 Å². The van der Waals surface area contributed by atoms with Crippen LogP contribution in [0.15, 0.2) is 46.9 Å². The van der Waals surface area contributed by atoms with Crippen LogP contribution in [-0.4, -0.2) is 12.5 Å². The van der Waals surface area contributed by atoms with E-state index in [9.17, 15) is 9.18 Å². The van der Waals surface area contributed by atoms with Crippen molar-refractivity contribution in [2.24, 2.45) is 0 Å². The standard InChI is InChI=1S/C15H13BrFNO2/c1-10-6-7-11(17)8-13(10)18-15(19)9-20-14-5-3-2-4-12(14)16/h2-8H,9H2,1H3,(H,18,19). The highest BCUT2D eigenvalue weighted by Crippen LogP contribution is 2.23. The fraction of sp³-hybridized carbons (Fsp3) is 0.133. The molecule has 1 N–H and O–H groups in total. The Morgan fingerprint density at radius 3 is 2.80 bits per heavy atom. The quantitative estimate of drug-likeness (QED) is 0.918. The van der Waals surface area contributed by atoms with E-state index in [1.807, 2.05) is 18.2 Å². The summed E-state index contributed by atoms with van der Waals surface area (Å²) in [7, 11) is 0. The Morgan fingerprint density at radius 2 is 2.05 bits per heavy atom. The molecule has 0 heterocycles. The lowest BCUT2D eigenvalue weighted by molar-refractivity contribution is -0.118. The number of rotatable bonds is 4. The maximum Gasteiger partial charge on any atom is 0.262 e. The first-order valence-corrected chi connectivity index (χ1v) is 6.79. The monoisotopic (exact) mass is 337 g/mol. The van der Waals surface area contributed by atoms with Crippen molar-refractivity contribution >= 4 is 27.5 Å². The van der Waals surface area contributed by atoms with Crippen molar-refractivity contribution in [2.45, 2.75) is 6.92 Å². The third kappa shape index (κ3) is 3.81. The van der Waals surface area contributed by atoms with Crippen molar-refractivity contribution in [1.82, 2.24) is 0 Å². The predicted molar refractivity (Wildman–Crippen MR) is 79.4 cm³/mol. The van der Waals surface area contributed by atoms with Crippen LogP contribution in [-0.2, 0) is 4.79 Å². The van der Waals surface area contributed by atoms with Crippen LogP contribution >= 0.6 is 15.9 Å². The number of anilines is 1. The van der Waals surface area contributed by atoms with E-state index in [-0.39, 0.29) is 12.5 Å². The van der Waals surface area contributed by atoms with E-state index < -0.39 is 5.82 Å². The molecule has 0 spiro atoms. The lowest BCUT2D eigenvalue weighted by Crippen LogP contribution is -2.20. The van der Waals surface area contributed by atoms with Gasteiger partial charge in [0.2, 0.25) is 0 Å². The molecule has 1 amide bonds. The van der Waals surface area contributed by atoms with Crippen LogP contribution in [0.4, 0.5) is 10.1 Å². The number of carbonyl (C=O) groups is 1. The molecule has 0 saturated carbocycles. The highest BCUT2D eigenvalue weighted by Gasteiger charge is 2.08. The van der Waals surface area contributed by atoms with E-state index in [0.717, 1.165) is 10.0 Å². The van der Waals surface area contributed by atoms with Gasteiger partial charge in [-0.05, 0) is 52.7 Å². The van der Waals surface area contributed by atoms with Crippen LogP contribution in [0.1, 0.15) is 5.56 Å². The molecule has 104 valence electrons. The molecule has 0 atom stereocenters. The zero-order chi connectivity index (χ0) is 14.5. The first-order chi connectivity index (χ1) is 9.56. The number of ether oxygens (including phenoxy) is 1. The Hall–Kier alpha value is -1.88. The number of aryl methyl sites for hydroxylation is 1. The average Bonchev–Trinajstić information content (AvgIpc) is 2.42. The largest absolute Gasteiger partial charge is 0.483 e. The van der Waals surface area contributed by atoms with Crippen molar-refractivity contribution in [3.8, 4) is 5.75 Å². The summed E-state index contributed by atoms with van der Waals surface area (Å²) in [4.78, 5) is 11.8. The van der Waals surface area contributed by atoms with E-state index in [2.05, 4.69) is 21.2 Å². The molecule has 2 rings (SSSR count). The fourth-order valence-corrected chi connectivity index (χ4v) is 2.02. The first kappa shape index (κ1) is 14.5. The van der Waals surface area contributed by atoms with Crippen LogP contribution in [0.5, 0.6) is 5.75 Å². The van der Waals surface area contributed by atoms with Gasteiger partial charge in [-0.15, -0.1) is 0 Å². The van der Waals surface area contributed by atoms with Gasteiger partial charge in [0.1, 0.15) is 11.6 Å². The summed E-state index contributed by atoms with van der Waals surface area (Å²) >= 11 is 3.33. The third-order valence-electron chi connectivity index (χ3n) is 2.67. The summed E-state index contributed by atoms with van der Waals surface area (Å²) in [5, 5.41) is 2.62. The van der Waals surface area contributed by atoms with Gasteiger partial charge in [-0.3, -0.25) is 4.79 Å². The second-order valence-corrected chi connectivity index (χ2v) is 5.08. The summed E-state index contributed by atoms with van der Waals surface area (Å²) in [6, 6.07) is 11.5. The van der Waals surface area contributed by atoms with E-state index in [0.29, 0.717) is 11.4 Å². The molecular formula is C15H13BrFNO2. The first-order valence-electron chi connectivity index (χ1n) is 5.99. The normalized spacial score (nSPS) is 10.2. The zero-order valence-electron chi connectivity index (χ0n) is 10.8. The van der Waals surface area contributed by atoms with Gasteiger partial charge in [0.15, 0.2) is 6.61 Å². The molecule has 0 aliphatic heterocycles. The van der Waals surface area contributed by atoms with Crippen LogP contribution in [0.2, 0.25) is 0 Å². The van der Waals surface area contributed by atoms with E-state index in [1.165, 1.54) is 12.1 Å². The number of hydrogen-bond acceptors (Lipinski definition) is 2. The van der Waals surface area contributed by atoms with E-state index >= 15 is 0 Å². The van der Waals surface area contributed by atoms with Gasteiger partial charge in [-0.1, -0.05) is 18.2 Å². The minimum absolute atomic E-state index is 0.140. The van der Waals surface area contributed by atoms with Crippen molar-refractivity contribution in [3.63, 3.8) is 0 Å². The third-order valence-corrected chi connectivity index (χ3v) is 3.32. The maximum atomic E-state index is 13.1. The van der Waals surface area contributed by atoms with Gasteiger partial charge in [0, 0.05) is 5.69 Å². The van der Waals surface area contributed by atoms with Gasteiger partial charge >= 0.3 is 0 Å². The molecule has 0 unspecified atom stereocenters. The number of nitrogens with one attached hydrogen (secondary N) is 1. The number of carbonyl (C=O) groups excluding carboxylic acids is 1. The van der Waals surface area contributed by atoms with Crippen LogP contribution in [0.25, 0.3) is 0 Å². The molecule has 2 aromatic carbocycles. The SMILES string of the molecule is Cc1ccc(F)cc1NC(=O)COc1ccccc1Br. The molecule has 2 aromatic rings. The topological polar surface area (TPSA) is 38.3 Å². The van der Waals surface area contributed by atoms with E-state index in [4.69, 9.17) is 4.74 Å². The molecule has 0 radical (unpaired) electrons. The summed E-state index contributed by atoms with van der Waals surface area (Å²) in [5.74, 6) is -0.148. The molecule has 0 fully saturated rings. The second kappa shape index (κ2) is 6.52. The minimum atomic E-state index is -0.391. The van der Waals surface area contributed by atoms with Gasteiger partial charge in [-0.2, -0.15) is 0 Å². The molecule has 0 aromatic heterocycles. The Bertz CT molecular complexity index is 631. The van der Waals surface area contributed by atoms with Crippen LogP contribution in [0, 0.1) is 12.7 Å². The Balaban J connectivity index is 1.96. The molecule has 3 nitrogen and oxygen atoms in total. The Morgan fingerprint density at radius 1 is 1.30 bits per heavy atom. The Labute approximate surface area is 124 Å². The van der Waals surface area contributed by atoms with Crippen molar-refractivity contribution < 1.29 is 13.9 Å². The average molecular weight is 338 g/mol. The highest BCUT2D eigenvalue weighted by molar-refractivity contribution is 9.10. The molecule has 0 saturated heterocycles. The van der Waals surface area contributed by atoms with Gasteiger partial charge in [0.25, 0.3) is 5.91 Å². The number of benzene rings is 2. The lowest BCUT2D eigenvalue weighted by Gasteiger charge is -2.10. The number of halogens is 2. The highest BCUT2D eigenvalue weighted by atomic mass is 79.9. The second-order valence-electron chi connectivity index (χ2n) is 4.23. The molecule has 0 bridgehead atoms. The molecule has 0 aliphatic carbocycles. The van der Waals surface area contributed by atoms with Crippen LogP contribution in [0.3, 0.4) is 0 Å². The van der Waals surface area contributed by atoms with Gasteiger partial charge in [-0.25, -0.2) is 4.39 Å². The molecular weight excluding hydrogens is 325 g/mol. The predicted octanol–water partition coefficient (Wildman–Crippen LogP) is 3.91. The van der Waals surface area contributed by atoms with Gasteiger partial charge in [0.05, 0.1) is 4.47 Å². The molecule has 20 heavy (non-hydrogen) atoms. The zero-order valence-corrected chi connectivity index (χ0v) is 12.4. The van der Waals surface area contributed by atoms with Crippen molar-refractivity contribution in [2.75, 3.05) is 11.9 Å². The maximum absolute atomic E-state index is 13.1. The summed E-state index contributed by atoms with van der Waals surface area (Å²) in [6.45, 7) is 1.66. The number of para-hydroxylation sites is 1. The van der Waals surface area contributed by atoms with Gasteiger partial charge < -0.3 is 10.1 Å². The number of amides is 1. The summed E-state index contributed by atoms with van der Waals surface area (Å²) in [6.07, 6.45) is 0. The smallest absolute Gasteiger partial charge is 0.262 e. The molecule has 5 heteroatoms. The summed E-state index contributed by atoms with van der Waals surface area (Å²) < 4.78 is 19.3. The molecule has 0 aliphatic rings. The minimum Gasteiger partial charge on any atom is -0.483 e. The summed E-state index contributed by atoms with van der Waals surface area (Å²) in [5.41, 5.74) is 1.24. The fourth-order valence-electron chi connectivity index (χ4n) is 1.62. The van der Waals surface area contributed by atoms with Crippen LogP contribution < -0.4 is 10.1 Å². The Kier molecular flexibility index (Phi) is 4.74. The van der Waals surface area contributed by atoms with E-state index in [1.54, 1.807) is 19.1 Å². The lowest BCUT2D eigenvalue weighted by atomic mass is 10.2. The number of hydrogen-bond donors (Lipinski definition) is 1. The van der Waals surface area contributed by atoms with Crippen molar-refractivity contribution in [1.29, 1.82) is 0 Å².